The normalized spacial score (nSPS) is 11.6. The van der Waals surface area contributed by atoms with Gasteiger partial charge in [0, 0.05) is 21.9 Å². The first-order chi connectivity index (χ1) is 22.3. The maximum Gasteiger partial charge on any atom is 0.167 e. The Hall–Kier alpha value is -6.13. The van der Waals surface area contributed by atoms with Crippen LogP contribution in [-0.4, -0.2) is 15.0 Å². The minimum absolute atomic E-state index is 0.575. The van der Waals surface area contributed by atoms with Gasteiger partial charge in [0.2, 0.25) is 0 Å². The zero-order valence-electron chi connectivity index (χ0n) is 24.2. The van der Waals surface area contributed by atoms with Crippen LogP contribution in [0.5, 0.6) is 0 Å². The Morgan fingerprint density at radius 3 is 1.87 bits per heavy atom. The average Bonchev–Trinajstić information content (AvgIpc) is 3.50. The van der Waals surface area contributed by atoms with Crippen molar-refractivity contribution in [2.24, 2.45) is 0 Å². The van der Waals surface area contributed by atoms with Gasteiger partial charge in [0.1, 0.15) is 11.2 Å². The third-order valence-corrected chi connectivity index (χ3v) is 8.52. The molecule has 0 saturated heterocycles. The molecule has 4 nitrogen and oxygen atoms in total. The van der Waals surface area contributed by atoms with Gasteiger partial charge in [-0.15, -0.1) is 0 Å². The second kappa shape index (κ2) is 10.2. The lowest BCUT2D eigenvalue weighted by Crippen LogP contribution is -2.00. The van der Waals surface area contributed by atoms with E-state index in [0.29, 0.717) is 17.5 Å². The van der Waals surface area contributed by atoms with E-state index in [2.05, 4.69) is 91.0 Å². The summed E-state index contributed by atoms with van der Waals surface area (Å²) in [6.07, 6.45) is 0. The summed E-state index contributed by atoms with van der Waals surface area (Å²) in [5.41, 5.74) is 6.64. The molecule has 9 rings (SSSR count). The van der Waals surface area contributed by atoms with Crippen molar-refractivity contribution >= 4 is 43.5 Å². The van der Waals surface area contributed by atoms with Crippen molar-refractivity contribution in [3.05, 3.63) is 152 Å². The molecule has 0 aliphatic heterocycles. The monoisotopic (exact) mass is 575 g/mol. The second-order valence-electron chi connectivity index (χ2n) is 11.3. The smallest absolute Gasteiger partial charge is 0.167 e. The average molecular weight is 576 g/mol. The van der Waals surface area contributed by atoms with Gasteiger partial charge in [-0.1, -0.05) is 127 Å². The van der Waals surface area contributed by atoms with Gasteiger partial charge < -0.3 is 4.42 Å². The van der Waals surface area contributed by atoms with Crippen LogP contribution in [0.4, 0.5) is 0 Å². The van der Waals surface area contributed by atoms with Crippen LogP contribution in [0.1, 0.15) is 0 Å². The third kappa shape index (κ3) is 4.35. The summed E-state index contributed by atoms with van der Waals surface area (Å²) in [4.78, 5) is 15.2. The van der Waals surface area contributed by atoms with Gasteiger partial charge in [0.25, 0.3) is 0 Å². The van der Waals surface area contributed by atoms with E-state index in [1.54, 1.807) is 0 Å². The molecular weight excluding hydrogens is 550 g/mol. The molecule has 0 N–H and O–H groups in total. The number of para-hydroxylation sites is 2. The molecule has 0 unspecified atom stereocenters. The predicted octanol–water partition coefficient (Wildman–Crippen LogP) is 10.7. The van der Waals surface area contributed by atoms with Crippen molar-refractivity contribution in [2.45, 2.75) is 0 Å². The first-order valence-electron chi connectivity index (χ1n) is 15.0. The Balaban J connectivity index is 1.27. The number of aromatic nitrogens is 3. The summed E-state index contributed by atoms with van der Waals surface area (Å²) in [5.74, 6) is 1.81. The highest BCUT2D eigenvalue weighted by molar-refractivity contribution is 6.09. The van der Waals surface area contributed by atoms with Crippen LogP contribution in [0, 0.1) is 0 Å². The molecule has 45 heavy (non-hydrogen) atoms. The molecule has 0 atom stereocenters. The van der Waals surface area contributed by atoms with E-state index in [0.717, 1.165) is 55.0 Å². The van der Waals surface area contributed by atoms with Gasteiger partial charge in [-0.05, 0) is 56.9 Å². The summed E-state index contributed by atoms with van der Waals surface area (Å²) in [6.45, 7) is 0. The Kier molecular flexibility index (Phi) is 5.78. The minimum Gasteiger partial charge on any atom is -0.455 e. The fourth-order valence-electron chi connectivity index (χ4n) is 6.27. The summed E-state index contributed by atoms with van der Waals surface area (Å²) >= 11 is 0. The van der Waals surface area contributed by atoms with Crippen LogP contribution in [0.3, 0.4) is 0 Å². The van der Waals surface area contributed by atoms with E-state index in [-0.39, 0.29) is 0 Å². The van der Waals surface area contributed by atoms with E-state index in [1.165, 1.54) is 16.3 Å². The fourth-order valence-corrected chi connectivity index (χ4v) is 6.27. The van der Waals surface area contributed by atoms with Gasteiger partial charge in [-0.3, -0.25) is 0 Å². The predicted molar refractivity (Wildman–Crippen MR) is 184 cm³/mol. The summed E-state index contributed by atoms with van der Waals surface area (Å²) in [5, 5.41) is 6.77. The Labute approximate surface area is 259 Å². The highest BCUT2D eigenvalue weighted by Crippen LogP contribution is 2.37. The third-order valence-electron chi connectivity index (χ3n) is 8.52. The molecule has 2 heterocycles. The number of benzene rings is 7. The van der Waals surface area contributed by atoms with Gasteiger partial charge >= 0.3 is 0 Å². The lowest BCUT2D eigenvalue weighted by Gasteiger charge is -2.12. The van der Waals surface area contributed by atoms with Crippen LogP contribution in [0.15, 0.2) is 156 Å². The first kappa shape index (κ1) is 25.4. The molecule has 0 fully saturated rings. The zero-order valence-corrected chi connectivity index (χ0v) is 24.2. The van der Waals surface area contributed by atoms with Crippen LogP contribution < -0.4 is 0 Å². The molecule has 0 aliphatic rings. The second-order valence-corrected chi connectivity index (χ2v) is 11.3. The summed E-state index contributed by atoms with van der Waals surface area (Å²) in [6, 6.07) is 52.3. The van der Waals surface area contributed by atoms with E-state index >= 15 is 0 Å². The maximum atomic E-state index is 6.39. The van der Waals surface area contributed by atoms with Crippen LogP contribution in [-0.2, 0) is 0 Å². The highest BCUT2D eigenvalue weighted by Gasteiger charge is 2.18. The fraction of sp³-hybridized carbons (Fsp3) is 0. The number of rotatable bonds is 4. The number of nitrogens with zero attached hydrogens (tertiary/aromatic N) is 3. The van der Waals surface area contributed by atoms with Crippen LogP contribution in [0.25, 0.3) is 88.8 Å². The minimum atomic E-state index is 0.575. The van der Waals surface area contributed by atoms with Crippen molar-refractivity contribution in [3.8, 4) is 45.3 Å². The Morgan fingerprint density at radius 1 is 0.356 bits per heavy atom. The van der Waals surface area contributed by atoms with E-state index in [9.17, 15) is 0 Å². The molecule has 0 bridgehead atoms. The van der Waals surface area contributed by atoms with Crippen molar-refractivity contribution in [1.29, 1.82) is 0 Å². The molecular formula is C41H25N3O. The lowest BCUT2D eigenvalue weighted by atomic mass is 9.96. The van der Waals surface area contributed by atoms with Crippen LogP contribution in [0.2, 0.25) is 0 Å². The van der Waals surface area contributed by atoms with Crippen molar-refractivity contribution in [2.75, 3.05) is 0 Å². The molecule has 0 saturated carbocycles. The Bertz CT molecular complexity index is 2550. The standard InChI is InChI=1S/C41H25N3O/c1-2-11-28(12-3-1)39-42-40(44-41(43-39)35-18-9-16-33-32-15-6-7-19-37(32)45-38(33)35)34-17-8-14-27-21-23-31(25-36(27)34)30-22-20-26-10-4-5-13-29(26)24-30/h1-25H. The zero-order chi connectivity index (χ0) is 29.7. The molecule has 7 aromatic carbocycles. The van der Waals surface area contributed by atoms with E-state index in [4.69, 9.17) is 19.4 Å². The molecule has 9 aromatic rings. The number of hydrogen-bond acceptors (Lipinski definition) is 4. The Morgan fingerprint density at radius 2 is 0.978 bits per heavy atom. The lowest BCUT2D eigenvalue weighted by molar-refractivity contribution is 0.669. The first-order valence-corrected chi connectivity index (χ1v) is 15.0. The topological polar surface area (TPSA) is 51.8 Å². The molecule has 4 heteroatoms. The summed E-state index contributed by atoms with van der Waals surface area (Å²) in [7, 11) is 0. The molecule has 210 valence electrons. The van der Waals surface area contributed by atoms with Gasteiger partial charge in [-0.2, -0.15) is 0 Å². The van der Waals surface area contributed by atoms with Gasteiger partial charge in [0.15, 0.2) is 17.5 Å². The van der Waals surface area contributed by atoms with Crippen molar-refractivity contribution in [1.82, 2.24) is 15.0 Å². The molecule has 0 amide bonds. The van der Waals surface area contributed by atoms with E-state index < -0.39 is 0 Å². The largest absolute Gasteiger partial charge is 0.455 e. The highest BCUT2D eigenvalue weighted by atomic mass is 16.3. The van der Waals surface area contributed by atoms with Crippen molar-refractivity contribution < 1.29 is 4.42 Å². The molecule has 0 aliphatic carbocycles. The number of fused-ring (bicyclic) bond motifs is 5. The quantitative estimate of drug-likeness (QED) is 0.209. The SMILES string of the molecule is c1ccc(-c2nc(-c3cccc4ccc(-c5ccc6ccccc6c5)cc34)nc(-c3cccc4c3oc3ccccc34)n2)cc1. The number of furan rings is 1. The maximum absolute atomic E-state index is 6.39. The summed E-state index contributed by atoms with van der Waals surface area (Å²) < 4.78 is 6.39. The van der Waals surface area contributed by atoms with Gasteiger partial charge in [0.05, 0.1) is 5.56 Å². The van der Waals surface area contributed by atoms with E-state index in [1.807, 2.05) is 60.7 Å². The van der Waals surface area contributed by atoms with Gasteiger partial charge in [-0.25, -0.2) is 15.0 Å². The number of hydrogen-bond donors (Lipinski definition) is 0. The van der Waals surface area contributed by atoms with Crippen LogP contribution >= 0.6 is 0 Å². The molecule has 0 spiro atoms. The molecule has 0 radical (unpaired) electrons. The van der Waals surface area contributed by atoms with Crippen molar-refractivity contribution in [3.63, 3.8) is 0 Å². The molecule has 2 aromatic heterocycles.